The highest BCUT2D eigenvalue weighted by atomic mass is 79.9. The predicted molar refractivity (Wildman–Crippen MR) is 84.8 cm³/mol. The quantitative estimate of drug-likeness (QED) is 0.487. The van der Waals surface area contributed by atoms with Crippen LogP contribution in [0.3, 0.4) is 0 Å². The number of nitrogens with zero attached hydrogens (tertiary/aromatic N) is 1. The van der Waals surface area contributed by atoms with Crippen LogP contribution in [0.15, 0.2) is 46.9 Å². The van der Waals surface area contributed by atoms with Crippen molar-refractivity contribution in [2.45, 2.75) is 0 Å². The van der Waals surface area contributed by atoms with Crippen LogP contribution in [0.1, 0.15) is 5.56 Å². The maximum absolute atomic E-state index is 13.5. The Labute approximate surface area is 137 Å². The number of carbonyl (C=O) groups is 1. The third-order valence-corrected chi connectivity index (χ3v) is 3.28. The van der Waals surface area contributed by atoms with E-state index >= 15 is 0 Å². The van der Waals surface area contributed by atoms with Crippen LogP contribution in [0.5, 0.6) is 0 Å². The first kappa shape index (κ1) is 16.8. The molecule has 0 saturated carbocycles. The lowest BCUT2D eigenvalue weighted by Crippen LogP contribution is -2.08. The molecule has 0 saturated heterocycles. The Morgan fingerprint density at radius 2 is 1.87 bits per heavy atom. The number of hydrogen-bond acceptors (Lipinski definition) is 3. The van der Waals surface area contributed by atoms with Crippen LogP contribution >= 0.6 is 15.9 Å². The lowest BCUT2D eigenvalue weighted by atomic mass is 10.2. The Morgan fingerprint density at radius 3 is 2.57 bits per heavy atom. The SMILES string of the molecule is O=C(/C=C/c1cc(Br)ccc1F)Nc1ccc(F)c([N+](=O)[O-])c1. The van der Waals surface area contributed by atoms with Crippen molar-refractivity contribution < 1.29 is 18.5 Å². The van der Waals surface area contributed by atoms with Gasteiger partial charge in [-0.25, -0.2) is 4.39 Å². The molecule has 0 aliphatic carbocycles. The van der Waals surface area contributed by atoms with Crippen molar-refractivity contribution in [1.82, 2.24) is 0 Å². The molecule has 0 unspecified atom stereocenters. The molecule has 0 atom stereocenters. The highest BCUT2D eigenvalue weighted by Gasteiger charge is 2.14. The molecule has 0 heterocycles. The molecule has 118 valence electrons. The minimum Gasteiger partial charge on any atom is -0.322 e. The van der Waals surface area contributed by atoms with Gasteiger partial charge in [0.05, 0.1) is 4.92 Å². The zero-order chi connectivity index (χ0) is 17.0. The monoisotopic (exact) mass is 382 g/mol. The lowest BCUT2D eigenvalue weighted by molar-refractivity contribution is -0.387. The highest BCUT2D eigenvalue weighted by molar-refractivity contribution is 9.10. The Kier molecular flexibility index (Phi) is 5.17. The second kappa shape index (κ2) is 7.10. The number of nitro groups is 1. The number of carbonyl (C=O) groups excluding carboxylic acids is 1. The van der Waals surface area contributed by atoms with Crippen molar-refractivity contribution in [2.24, 2.45) is 0 Å². The Balaban J connectivity index is 2.13. The number of amides is 1. The Bertz CT molecular complexity index is 809. The molecule has 0 aliphatic heterocycles. The highest BCUT2D eigenvalue weighted by Crippen LogP contribution is 2.22. The van der Waals surface area contributed by atoms with E-state index in [2.05, 4.69) is 21.2 Å². The van der Waals surface area contributed by atoms with Gasteiger partial charge in [0.2, 0.25) is 11.7 Å². The first-order chi connectivity index (χ1) is 10.9. The molecule has 0 aromatic heterocycles. The van der Waals surface area contributed by atoms with Crippen LogP contribution in [0, 0.1) is 21.7 Å². The molecule has 1 amide bonds. The van der Waals surface area contributed by atoms with E-state index in [9.17, 15) is 23.7 Å². The fraction of sp³-hybridized carbons (Fsp3) is 0. The van der Waals surface area contributed by atoms with Gasteiger partial charge >= 0.3 is 5.69 Å². The third-order valence-electron chi connectivity index (χ3n) is 2.78. The summed E-state index contributed by atoms with van der Waals surface area (Å²) < 4.78 is 27.4. The summed E-state index contributed by atoms with van der Waals surface area (Å²) in [6, 6.07) is 7.22. The number of anilines is 1. The van der Waals surface area contributed by atoms with Crippen LogP contribution in [0.2, 0.25) is 0 Å². The minimum atomic E-state index is -1.00. The van der Waals surface area contributed by atoms with E-state index in [0.29, 0.717) is 4.47 Å². The van der Waals surface area contributed by atoms with Gasteiger partial charge in [-0.1, -0.05) is 15.9 Å². The Morgan fingerprint density at radius 1 is 1.17 bits per heavy atom. The van der Waals surface area contributed by atoms with Gasteiger partial charge < -0.3 is 5.32 Å². The van der Waals surface area contributed by atoms with E-state index in [4.69, 9.17) is 0 Å². The molecule has 8 heteroatoms. The number of benzene rings is 2. The standard InChI is InChI=1S/C15H9BrF2N2O3/c16-10-2-4-12(17)9(7-10)1-6-15(21)19-11-3-5-13(18)14(8-11)20(22)23/h1-8H,(H,19,21)/b6-1+. The van der Waals surface area contributed by atoms with E-state index < -0.39 is 28.2 Å². The van der Waals surface area contributed by atoms with Crippen molar-refractivity contribution >= 4 is 39.3 Å². The van der Waals surface area contributed by atoms with E-state index in [1.54, 1.807) is 0 Å². The van der Waals surface area contributed by atoms with Crippen LogP contribution < -0.4 is 5.32 Å². The number of halogens is 3. The smallest absolute Gasteiger partial charge is 0.306 e. The van der Waals surface area contributed by atoms with Gasteiger partial charge in [-0.2, -0.15) is 4.39 Å². The van der Waals surface area contributed by atoms with Gasteiger partial charge in [-0.3, -0.25) is 14.9 Å². The summed E-state index contributed by atoms with van der Waals surface area (Å²) in [6.45, 7) is 0. The first-order valence-electron chi connectivity index (χ1n) is 6.25. The molecule has 0 radical (unpaired) electrons. The number of rotatable bonds is 4. The molecule has 1 N–H and O–H groups in total. The fourth-order valence-electron chi connectivity index (χ4n) is 1.72. The summed E-state index contributed by atoms with van der Waals surface area (Å²) in [6.07, 6.45) is 2.33. The van der Waals surface area contributed by atoms with Gasteiger partial charge in [-0.15, -0.1) is 0 Å². The first-order valence-corrected chi connectivity index (χ1v) is 7.04. The fourth-order valence-corrected chi connectivity index (χ4v) is 2.10. The second-order valence-corrected chi connectivity index (χ2v) is 5.33. The van der Waals surface area contributed by atoms with Crippen molar-refractivity contribution in [3.8, 4) is 0 Å². The molecule has 2 aromatic carbocycles. The summed E-state index contributed by atoms with van der Waals surface area (Å²) in [4.78, 5) is 21.5. The summed E-state index contributed by atoms with van der Waals surface area (Å²) in [7, 11) is 0. The molecule has 0 spiro atoms. The third kappa shape index (κ3) is 4.43. The molecule has 0 aliphatic rings. The van der Waals surface area contributed by atoms with Gasteiger partial charge in [0.25, 0.3) is 0 Å². The molecular weight excluding hydrogens is 374 g/mol. The second-order valence-electron chi connectivity index (χ2n) is 4.41. The maximum Gasteiger partial charge on any atom is 0.306 e. The van der Waals surface area contributed by atoms with E-state index in [-0.39, 0.29) is 11.3 Å². The zero-order valence-electron chi connectivity index (χ0n) is 11.4. The molecule has 5 nitrogen and oxygen atoms in total. The molecular formula is C15H9BrF2N2O3. The lowest BCUT2D eigenvalue weighted by Gasteiger charge is -2.03. The number of hydrogen-bond donors (Lipinski definition) is 1. The molecule has 23 heavy (non-hydrogen) atoms. The van der Waals surface area contributed by atoms with Crippen molar-refractivity contribution in [2.75, 3.05) is 5.32 Å². The summed E-state index contributed by atoms with van der Waals surface area (Å²) in [5.74, 6) is -2.14. The van der Waals surface area contributed by atoms with Crippen LogP contribution in [-0.4, -0.2) is 10.8 Å². The van der Waals surface area contributed by atoms with E-state index in [0.717, 1.165) is 18.2 Å². The summed E-state index contributed by atoms with van der Waals surface area (Å²) >= 11 is 3.18. The summed E-state index contributed by atoms with van der Waals surface area (Å²) in [5, 5.41) is 13.0. The van der Waals surface area contributed by atoms with Crippen LogP contribution in [0.4, 0.5) is 20.2 Å². The molecule has 0 bridgehead atoms. The van der Waals surface area contributed by atoms with Gasteiger partial charge in [0.15, 0.2) is 0 Å². The average molecular weight is 383 g/mol. The van der Waals surface area contributed by atoms with Crippen molar-refractivity contribution in [1.29, 1.82) is 0 Å². The van der Waals surface area contributed by atoms with E-state index in [1.165, 1.54) is 30.3 Å². The van der Waals surface area contributed by atoms with E-state index in [1.807, 2.05) is 0 Å². The number of nitro benzene ring substituents is 1. The molecule has 0 fully saturated rings. The normalized spacial score (nSPS) is 10.7. The summed E-state index contributed by atoms with van der Waals surface area (Å²) in [5.41, 5.74) is -0.494. The van der Waals surface area contributed by atoms with Gasteiger partial charge in [0, 0.05) is 27.9 Å². The van der Waals surface area contributed by atoms with Gasteiger partial charge in [0.1, 0.15) is 5.82 Å². The van der Waals surface area contributed by atoms with Crippen molar-refractivity contribution in [3.63, 3.8) is 0 Å². The average Bonchev–Trinajstić information content (AvgIpc) is 2.50. The largest absolute Gasteiger partial charge is 0.322 e. The molecule has 2 rings (SSSR count). The maximum atomic E-state index is 13.5. The Hall–Kier alpha value is -2.61. The predicted octanol–water partition coefficient (Wildman–Crippen LogP) is 4.29. The molecule has 2 aromatic rings. The van der Waals surface area contributed by atoms with Crippen LogP contribution in [0.25, 0.3) is 6.08 Å². The van der Waals surface area contributed by atoms with Crippen molar-refractivity contribution in [3.05, 3.63) is 74.3 Å². The zero-order valence-corrected chi connectivity index (χ0v) is 13.0. The minimum absolute atomic E-state index is 0.0578. The number of nitrogens with one attached hydrogen (secondary N) is 1. The topological polar surface area (TPSA) is 72.2 Å². The van der Waals surface area contributed by atoms with Crippen LogP contribution in [-0.2, 0) is 4.79 Å². The van der Waals surface area contributed by atoms with Gasteiger partial charge in [-0.05, 0) is 36.4 Å².